The topological polar surface area (TPSA) is 117 Å². The van der Waals surface area contributed by atoms with Gasteiger partial charge in [-0.25, -0.2) is 9.78 Å². The van der Waals surface area contributed by atoms with E-state index in [2.05, 4.69) is 4.98 Å². The number of ketones is 1. The van der Waals surface area contributed by atoms with E-state index >= 15 is 0 Å². The van der Waals surface area contributed by atoms with Crippen LogP contribution in [-0.2, 0) is 16.1 Å². The molecule has 2 aromatic carbocycles. The summed E-state index contributed by atoms with van der Waals surface area (Å²) in [7, 11) is 0. The van der Waals surface area contributed by atoms with E-state index in [0.29, 0.717) is 39.7 Å². The molecule has 0 unspecified atom stereocenters. The lowest BCUT2D eigenvalue weighted by molar-refractivity contribution is -0.121. The van der Waals surface area contributed by atoms with Crippen molar-refractivity contribution in [3.8, 4) is 11.5 Å². The Morgan fingerprint density at radius 3 is 2.67 bits per heavy atom. The lowest BCUT2D eigenvalue weighted by Crippen LogP contribution is -2.38. The molecule has 200 valence electrons. The number of nitrogens with zero attached hydrogens (tertiary/aromatic N) is 3. The van der Waals surface area contributed by atoms with Gasteiger partial charge in [-0.05, 0) is 49.7 Å². The summed E-state index contributed by atoms with van der Waals surface area (Å²) in [5, 5.41) is 0.268. The fraction of sp³-hybridized carbons (Fsp3) is 0.250. The number of likely N-dealkylation sites (N-methyl/N-ethyl adjacent to an activating group) is 1. The number of carbonyl (C=O) groups excluding carboxylic acids is 3. The molecular weight excluding hydrogens is 522 g/mol. The van der Waals surface area contributed by atoms with Gasteiger partial charge in [0, 0.05) is 12.1 Å². The van der Waals surface area contributed by atoms with E-state index in [-0.39, 0.29) is 48.3 Å². The van der Waals surface area contributed by atoms with Gasteiger partial charge in [0.15, 0.2) is 12.4 Å². The molecular formula is C28H25N3O7S. The highest BCUT2D eigenvalue weighted by atomic mass is 32.1. The van der Waals surface area contributed by atoms with E-state index in [9.17, 15) is 19.2 Å². The summed E-state index contributed by atoms with van der Waals surface area (Å²) in [5.74, 6) is 0.104. The first-order valence-corrected chi connectivity index (χ1v) is 13.1. The monoisotopic (exact) mass is 547 g/mol. The lowest BCUT2D eigenvalue weighted by atomic mass is 10.1. The first kappa shape index (κ1) is 26.1. The number of anilines is 1. The molecule has 5 rings (SSSR count). The molecule has 0 fully saturated rings. The molecule has 1 aliphatic rings. The van der Waals surface area contributed by atoms with Crippen LogP contribution >= 0.6 is 11.3 Å². The van der Waals surface area contributed by atoms with Crippen molar-refractivity contribution >= 4 is 44.9 Å². The predicted octanol–water partition coefficient (Wildman–Crippen LogP) is 3.63. The quantitative estimate of drug-likeness (QED) is 0.177. The number of carbonyl (C=O) groups is 3. The molecule has 0 saturated carbocycles. The Hall–Kier alpha value is -4.51. The second-order valence-corrected chi connectivity index (χ2v) is 9.74. The van der Waals surface area contributed by atoms with Crippen molar-refractivity contribution in [3.05, 3.63) is 81.2 Å². The molecule has 0 saturated heterocycles. The Morgan fingerprint density at radius 2 is 1.90 bits per heavy atom. The average molecular weight is 548 g/mol. The summed E-state index contributed by atoms with van der Waals surface area (Å²) in [6, 6.07) is 14.0. The van der Waals surface area contributed by atoms with Gasteiger partial charge in [-0.15, -0.1) is 11.3 Å². The summed E-state index contributed by atoms with van der Waals surface area (Å²) >= 11 is 1.07. The number of para-hydroxylation sites is 1. The number of rotatable bonds is 9. The summed E-state index contributed by atoms with van der Waals surface area (Å²) in [4.78, 5) is 57.8. The highest BCUT2D eigenvalue weighted by molar-refractivity contribution is 7.20. The number of esters is 1. The fourth-order valence-corrected chi connectivity index (χ4v) is 5.34. The molecule has 39 heavy (non-hydrogen) atoms. The first-order chi connectivity index (χ1) is 18.9. The van der Waals surface area contributed by atoms with Crippen molar-refractivity contribution in [1.29, 1.82) is 0 Å². The average Bonchev–Trinajstić information content (AvgIpc) is 3.29. The normalized spacial score (nSPS) is 12.7. The standard InChI is InChI=1S/C28H25N3O7S/c1-3-31-20-13-18(9-10-22(20)38-15-23(31)33)21(32)14-30-16-29-26-24(27(30)34)17(2)25(39-26)28(35)37-12-11-36-19-7-5-4-6-8-19/h4-10,13,16H,3,11-12,14-15H2,1-2H3. The second-order valence-electron chi connectivity index (χ2n) is 8.74. The summed E-state index contributed by atoms with van der Waals surface area (Å²) in [6.07, 6.45) is 1.30. The number of thiophene rings is 1. The van der Waals surface area contributed by atoms with Gasteiger partial charge in [-0.2, -0.15) is 0 Å². The Bertz CT molecular complexity index is 1630. The van der Waals surface area contributed by atoms with Crippen LogP contribution in [0.25, 0.3) is 10.2 Å². The van der Waals surface area contributed by atoms with Crippen molar-refractivity contribution in [3.63, 3.8) is 0 Å². The van der Waals surface area contributed by atoms with Crippen molar-refractivity contribution in [2.24, 2.45) is 0 Å². The number of aryl methyl sites for hydroxylation is 1. The van der Waals surface area contributed by atoms with Gasteiger partial charge in [-0.3, -0.25) is 19.0 Å². The maximum atomic E-state index is 13.3. The molecule has 0 spiro atoms. The fourth-order valence-electron chi connectivity index (χ4n) is 4.31. The maximum Gasteiger partial charge on any atom is 0.348 e. The van der Waals surface area contributed by atoms with Crippen molar-refractivity contribution in [2.45, 2.75) is 20.4 Å². The Balaban J connectivity index is 1.31. The Kier molecular flexibility index (Phi) is 7.42. The SMILES string of the molecule is CCN1C(=O)COc2ccc(C(=O)Cn3cnc4sc(C(=O)OCCOc5ccccc5)c(C)c4c3=O)cc21. The van der Waals surface area contributed by atoms with Gasteiger partial charge in [0.25, 0.3) is 11.5 Å². The van der Waals surface area contributed by atoms with E-state index in [0.717, 1.165) is 11.3 Å². The van der Waals surface area contributed by atoms with Gasteiger partial charge in [0.05, 0.1) is 23.9 Å². The van der Waals surface area contributed by atoms with Gasteiger partial charge in [0.2, 0.25) is 0 Å². The molecule has 0 atom stereocenters. The van der Waals surface area contributed by atoms with Gasteiger partial charge >= 0.3 is 5.97 Å². The third kappa shape index (κ3) is 5.26. The highest BCUT2D eigenvalue weighted by Gasteiger charge is 2.26. The first-order valence-electron chi connectivity index (χ1n) is 12.3. The van der Waals surface area contributed by atoms with Crippen LogP contribution < -0.4 is 19.9 Å². The van der Waals surface area contributed by atoms with Crippen molar-refractivity contribution in [2.75, 3.05) is 31.3 Å². The smallest absolute Gasteiger partial charge is 0.348 e. The van der Waals surface area contributed by atoms with Crippen LogP contribution in [0.5, 0.6) is 11.5 Å². The number of benzene rings is 2. The molecule has 2 aromatic heterocycles. The van der Waals surface area contributed by atoms with E-state index in [4.69, 9.17) is 14.2 Å². The van der Waals surface area contributed by atoms with Gasteiger partial charge in [0.1, 0.15) is 34.4 Å². The van der Waals surface area contributed by atoms with Crippen LogP contribution in [0.1, 0.15) is 32.5 Å². The maximum absolute atomic E-state index is 13.3. The summed E-state index contributed by atoms with van der Waals surface area (Å²) in [5.41, 5.74) is 0.875. The number of hydrogen-bond acceptors (Lipinski definition) is 9. The van der Waals surface area contributed by atoms with Crippen LogP contribution in [0, 0.1) is 6.92 Å². The minimum atomic E-state index is -0.569. The van der Waals surface area contributed by atoms with Crippen LogP contribution in [-0.4, -0.2) is 53.6 Å². The molecule has 1 aliphatic heterocycles. The predicted molar refractivity (Wildman–Crippen MR) is 145 cm³/mol. The molecule has 3 heterocycles. The molecule has 11 heteroatoms. The van der Waals surface area contributed by atoms with E-state index in [1.807, 2.05) is 25.1 Å². The summed E-state index contributed by atoms with van der Waals surface area (Å²) in [6.45, 7) is 3.86. The molecule has 4 aromatic rings. The third-order valence-corrected chi connectivity index (χ3v) is 7.47. The van der Waals surface area contributed by atoms with E-state index in [1.165, 1.54) is 10.9 Å². The van der Waals surface area contributed by atoms with Crippen molar-refractivity contribution in [1.82, 2.24) is 9.55 Å². The number of aromatic nitrogens is 2. The van der Waals surface area contributed by atoms with Crippen molar-refractivity contribution < 1.29 is 28.6 Å². The highest BCUT2D eigenvalue weighted by Crippen LogP contribution is 2.33. The largest absolute Gasteiger partial charge is 0.490 e. The zero-order valence-electron chi connectivity index (χ0n) is 21.3. The van der Waals surface area contributed by atoms with Gasteiger partial charge < -0.3 is 19.1 Å². The zero-order chi connectivity index (χ0) is 27.5. The number of ether oxygens (including phenoxy) is 3. The van der Waals surface area contributed by atoms with Crippen LogP contribution in [0.15, 0.2) is 59.7 Å². The number of Topliss-reactive ketones (excluding diaryl/α,β-unsaturated/α-hetero) is 1. The Morgan fingerprint density at radius 1 is 1.10 bits per heavy atom. The number of amides is 1. The van der Waals surface area contributed by atoms with Crippen LogP contribution in [0.2, 0.25) is 0 Å². The van der Waals surface area contributed by atoms with Crippen LogP contribution in [0.3, 0.4) is 0 Å². The molecule has 0 aliphatic carbocycles. The molecule has 0 N–H and O–H groups in total. The second kappa shape index (κ2) is 11.1. The van der Waals surface area contributed by atoms with E-state index in [1.54, 1.807) is 42.2 Å². The molecule has 1 amide bonds. The lowest BCUT2D eigenvalue weighted by Gasteiger charge is -2.28. The van der Waals surface area contributed by atoms with E-state index < -0.39 is 11.5 Å². The van der Waals surface area contributed by atoms with Gasteiger partial charge in [-0.1, -0.05) is 18.2 Å². The minimum absolute atomic E-state index is 0.0421. The minimum Gasteiger partial charge on any atom is -0.490 e. The third-order valence-electron chi connectivity index (χ3n) is 6.29. The number of hydrogen-bond donors (Lipinski definition) is 0. The molecule has 10 nitrogen and oxygen atoms in total. The number of fused-ring (bicyclic) bond motifs is 2. The molecule has 0 radical (unpaired) electrons. The van der Waals surface area contributed by atoms with Crippen LogP contribution in [0.4, 0.5) is 5.69 Å². The zero-order valence-corrected chi connectivity index (χ0v) is 22.2. The summed E-state index contributed by atoms with van der Waals surface area (Å²) < 4.78 is 17.6. The Labute approximate surface area is 227 Å². The molecule has 0 bridgehead atoms.